The molecule has 0 spiro atoms. The fraction of sp³-hybridized carbons (Fsp3) is 0. The molecule has 5 heterocycles. The number of furan rings is 2. The number of hydrogen-bond donors (Lipinski definition) is 0. The number of pyridine rings is 1. The second-order valence-electron chi connectivity index (χ2n) is 11.4. The van der Waals surface area contributed by atoms with Gasteiger partial charge in [-0.2, -0.15) is 5.10 Å². The summed E-state index contributed by atoms with van der Waals surface area (Å²) < 4.78 is 14.8. The van der Waals surface area contributed by atoms with Crippen LogP contribution in [0.3, 0.4) is 0 Å². The summed E-state index contributed by atoms with van der Waals surface area (Å²) in [4.78, 5) is 19.5. The molecule has 0 unspecified atom stereocenters. The average molecular weight is 607 g/mol. The highest BCUT2D eigenvalue weighted by Gasteiger charge is 2.23. The van der Waals surface area contributed by atoms with Crippen LogP contribution in [0, 0.1) is 0 Å². The molecule has 0 radical (unpaired) electrons. The summed E-state index contributed by atoms with van der Waals surface area (Å²) in [6, 6.07) is 40.1. The number of rotatable bonds is 4. The van der Waals surface area contributed by atoms with Crippen LogP contribution in [0.5, 0.6) is 0 Å². The van der Waals surface area contributed by atoms with E-state index in [1.54, 1.807) is 12.4 Å². The van der Waals surface area contributed by atoms with Gasteiger partial charge in [-0.3, -0.25) is 4.98 Å². The molecule has 0 amide bonds. The zero-order valence-corrected chi connectivity index (χ0v) is 24.7. The molecule has 8 nitrogen and oxygen atoms in total. The third kappa shape index (κ3) is 3.91. The lowest BCUT2D eigenvalue weighted by molar-refractivity contribution is 0.669. The molecule has 47 heavy (non-hydrogen) atoms. The van der Waals surface area contributed by atoms with Crippen molar-refractivity contribution in [1.82, 2.24) is 29.7 Å². The smallest absolute Gasteiger partial charge is 0.184 e. The molecule has 0 aliphatic heterocycles. The van der Waals surface area contributed by atoms with Gasteiger partial charge >= 0.3 is 0 Å². The molecular weight excluding hydrogens is 584 g/mol. The van der Waals surface area contributed by atoms with Crippen LogP contribution >= 0.6 is 0 Å². The average Bonchev–Trinajstić information content (AvgIpc) is 3.83. The maximum atomic E-state index is 6.43. The van der Waals surface area contributed by atoms with Crippen molar-refractivity contribution >= 4 is 54.8 Å². The molecule has 10 aromatic rings. The summed E-state index contributed by atoms with van der Waals surface area (Å²) >= 11 is 0. The molecule has 0 N–H and O–H groups in total. The lowest BCUT2D eigenvalue weighted by Gasteiger charge is -2.08. The van der Waals surface area contributed by atoms with Gasteiger partial charge < -0.3 is 8.83 Å². The van der Waals surface area contributed by atoms with Gasteiger partial charge in [0.1, 0.15) is 28.0 Å². The van der Waals surface area contributed by atoms with Crippen molar-refractivity contribution in [2.75, 3.05) is 0 Å². The van der Waals surface area contributed by atoms with Gasteiger partial charge in [-0.25, -0.2) is 19.6 Å². The first-order valence-corrected chi connectivity index (χ1v) is 15.3. The van der Waals surface area contributed by atoms with Crippen LogP contribution in [0.15, 0.2) is 143 Å². The normalized spacial score (nSPS) is 11.8. The molecule has 0 aliphatic rings. The summed E-state index contributed by atoms with van der Waals surface area (Å²) in [5.74, 6) is 1.39. The predicted octanol–water partition coefficient (Wildman–Crippen LogP) is 9.41. The fourth-order valence-electron chi connectivity index (χ4n) is 6.48. The van der Waals surface area contributed by atoms with Crippen LogP contribution in [-0.4, -0.2) is 29.7 Å². The van der Waals surface area contributed by atoms with E-state index < -0.39 is 0 Å². The van der Waals surface area contributed by atoms with Gasteiger partial charge in [0.25, 0.3) is 0 Å². The van der Waals surface area contributed by atoms with E-state index in [-0.39, 0.29) is 0 Å². The lowest BCUT2D eigenvalue weighted by Crippen LogP contribution is -2.02. The second-order valence-corrected chi connectivity index (χ2v) is 11.4. The first-order chi connectivity index (χ1) is 23.3. The van der Waals surface area contributed by atoms with E-state index in [0.29, 0.717) is 34.3 Å². The number of fused-ring (bicyclic) bond motifs is 7. The largest absolute Gasteiger partial charge is 0.455 e. The van der Waals surface area contributed by atoms with Crippen LogP contribution < -0.4 is 0 Å². The molecule has 0 atom stereocenters. The predicted molar refractivity (Wildman–Crippen MR) is 183 cm³/mol. The van der Waals surface area contributed by atoms with Gasteiger partial charge in [0, 0.05) is 39.3 Å². The Morgan fingerprint density at radius 1 is 0.447 bits per heavy atom. The molecule has 0 fully saturated rings. The second kappa shape index (κ2) is 9.92. The van der Waals surface area contributed by atoms with Gasteiger partial charge in [0.05, 0.1) is 22.3 Å². The van der Waals surface area contributed by atoms with Gasteiger partial charge in [-0.05, 0) is 42.5 Å². The molecule has 10 rings (SSSR count). The number of nitrogens with zero attached hydrogens (tertiary/aromatic N) is 6. The van der Waals surface area contributed by atoms with E-state index in [1.807, 2.05) is 102 Å². The Balaban J connectivity index is 1.28. The first-order valence-electron chi connectivity index (χ1n) is 15.3. The van der Waals surface area contributed by atoms with Crippen molar-refractivity contribution in [3.63, 3.8) is 0 Å². The molecule has 0 saturated heterocycles. The number of aromatic nitrogens is 6. The summed E-state index contributed by atoms with van der Waals surface area (Å²) in [6.45, 7) is 0. The molecule has 0 saturated carbocycles. The zero-order chi connectivity index (χ0) is 30.9. The molecule has 8 heteroatoms. The Bertz CT molecular complexity index is 2680. The maximum Gasteiger partial charge on any atom is 0.184 e. The standard InChI is InChI=1S/C39H22N6O2/c1-4-16-31-28(11-1)34(44-45(31)23-19-21-40-22-20-23)39-42-37(29-14-7-12-26-24-9-2-5-17-32(24)46-35(26)29)41-38(43-39)30-15-8-13-27-25-10-3-6-18-33(25)47-36(27)30/h1-22H. The fourth-order valence-corrected chi connectivity index (χ4v) is 6.48. The van der Waals surface area contributed by atoms with E-state index >= 15 is 0 Å². The monoisotopic (exact) mass is 606 g/mol. The highest BCUT2D eigenvalue weighted by atomic mass is 16.3. The third-order valence-electron chi connectivity index (χ3n) is 8.63. The summed E-state index contributed by atoms with van der Waals surface area (Å²) in [7, 11) is 0. The molecule has 0 aliphatic carbocycles. The van der Waals surface area contributed by atoms with E-state index in [9.17, 15) is 0 Å². The van der Waals surface area contributed by atoms with Gasteiger partial charge in [0.15, 0.2) is 17.5 Å². The van der Waals surface area contributed by atoms with Crippen molar-refractivity contribution < 1.29 is 8.83 Å². The van der Waals surface area contributed by atoms with E-state index in [1.165, 1.54) is 0 Å². The highest BCUT2D eigenvalue weighted by Crippen LogP contribution is 2.39. The van der Waals surface area contributed by atoms with Crippen molar-refractivity contribution in [1.29, 1.82) is 0 Å². The van der Waals surface area contributed by atoms with Crippen LogP contribution in [0.25, 0.3) is 94.8 Å². The SMILES string of the molecule is c1ccc2c(c1)oc1c(-c3nc(-c4nn(-c5ccncc5)c5ccccc45)nc(-c4cccc5c4oc4ccccc45)n3)cccc12. The molecule has 5 aromatic carbocycles. The zero-order valence-electron chi connectivity index (χ0n) is 24.7. The topological polar surface area (TPSA) is 95.7 Å². The van der Waals surface area contributed by atoms with Crippen molar-refractivity contribution in [2.24, 2.45) is 0 Å². The van der Waals surface area contributed by atoms with Crippen LogP contribution in [0.4, 0.5) is 0 Å². The number of para-hydroxylation sites is 5. The third-order valence-corrected chi connectivity index (χ3v) is 8.63. The van der Waals surface area contributed by atoms with Gasteiger partial charge in [-0.1, -0.05) is 78.9 Å². The maximum absolute atomic E-state index is 6.43. The van der Waals surface area contributed by atoms with Crippen molar-refractivity contribution in [2.45, 2.75) is 0 Å². The first kappa shape index (κ1) is 25.6. The summed E-state index contributed by atoms with van der Waals surface area (Å²) in [5.41, 5.74) is 7.01. The molecule has 5 aromatic heterocycles. The van der Waals surface area contributed by atoms with Gasteiger partial charge in [-0.15, -0.1) is 0 Å². The Morgan fingerprint density at radius 3 is 1.57 bits per heavy atom. The van der Waals surface area contributed by atoms with E-state index in [2.05, 4.69) is 29.2 Å². The van der Waals surface area contributed by atoms with E-state index in [4.69, 9.17) is 28.9 Å². The summed E-state index contributed by atoms with van der Waals surface area (Å²) in [6.07, 6.45) is 3.51. The summed E-state index contributed by atoms with van der Waals surface area (Å²) in [5, 5.41) is 10.1. The number of hydrogen-bond acceptors (Lipinski definition) is 7. The van der Waals surface area contributed by atoms with Crippen LogP contribution in [0.2, 0.25) is 0 Å². The minimum atomic E-state index is 0.440. The highest BCUT2D eigenvalue weighted by molar-refractivity contribution is 6.10. The number of benzene rings is 5. The van der Waals surface area contributed by atoms with Gasteiger partial charge in [0.2, 0.25) is 0 Å². The van der Waals surface area contributed by atoms with E-state index in [0.717, 1.165) is 60.4 Å². The minimum Gasteiger partial charge on any atom is -0.455 e. The molecular formula is C39H22N6O2. The van der Waals surface area contributed by atoms with Crippen LogP contribution in [0.1, 0.15) is 0 Å². The van der Waals surface area contributed by atoms with Crippen LogP contribution in [-0.2, 0) is 0 Å². The lowest BCUT2D eigenvalue weighted by atomic mass is 10.1. The molecule has 0 bridgehead atoms. The Morgan fingerprint density at radius 2 is 0.957 bits per heavy atom. The Labute approximate surface area is 266 Å². The quantitative estimate of drug-likeness (QED) is 0.197. The van der Waals surface area contributed by atoms with Crippen molar-refractivity contribution in [3.8, 4) is 40.0 Å². The molecule has 220 valence electrons. The Hall–Kier alpha value is -6.67. The van der Waals surface area contributed by atoms with Crippen molar-refractivity contribution in [3.05, 3.63) is 134 Å². The Kier molecular flexibility index (Phi) is 5.41. The minimum absolute atomic E-state index is 0.440.